The number of aromatic nitrogens is 1. The molecule has 0 atom stereocenters. The number of methoxy groups -OCH3 is 3. The van der Waals surface area contributed by atoms with Gasteiger partial charge in [-0.2, -0.15) is 18.4 Å². The minimum absolute atomic E-state index is 0.200. The summed E-state index contributed by atoms with van der Waals surface area (Å²) in [5.74, 6) is 0.386. The molecule has 7 nitrogen and oxygen atoms in total. The van der Waals surface area contributed by atoms with E-state index < -0.39 is 17.6 Å². The molecule has 1 N–H and O–H groups in total. The van der Waals surface area contributed by atoms with Crippen molar-refractivity contribution >= 4 is 28.5 Å². The van der Waals surface area contributed by atoms with Crippen LogP contribution in [-0.4, -0.2) is 32.2 Å². The Morgan fingerprint density at radius 3 is 2.40 bits per heavy atom. The summed E-state index contributed by atoms with van der Waals surface area (Å²) in [5.41, 5.74) is -0.00512. The number of nitrogens with one attached hydrogen (secondary N) is 1. The molecule has 0 aliphatic heterocycles. The molecule has 1 aromatic heterocycles. The van der Waals surface area contributed by atoms with Crippen LogP contribution < -0.4 is 19.5 Å². The number of ether oxygens (including phenoxy) is 3. The van der Waals surface area contributed by atoms with Gasteiger partial charge in [-0.15, -0.1) is 11.3 Å². The van der Waals surface area contributed by atoms with E-state index in [1.165, 1.54) is 39.7 Å². The Morgan fingerprint density at radius 2 is 1.83 bits per heavy atom. The second-order valence-electron chi connectivity index (χ2n) is 7.09. The van der Waals surface area contributed by atoms with Gasteiger partial charge in [-0.1, -0.05) is 18.2 Å². The highest BCUT2D eigenvalue weighted by molar-refractivity contribution is 7.15. The van der Waals surface area contributed by atoms with E-state index in [0.717, 1.165) is 23.5 Å². The number of alkyl halides is 3. The Kier molecular flexibility index (Phi) is 7.98. The molecule has 0 bridgehead atoms. The zero-order valence-electron chi connectivity index (χ0n) is 18.9. The monoisotopic (exact) mass is 503 g/mol. The molecular weight excluding hydrogens is 483 g/mol. The third kappa shape index (κ3) is 6.30. The van der Waals surface area contributed by atoms with Crippen LogP contribution in [0.2, 0.25) is 0 Å². The van der Waals surface area contributed by atoms with Crippen LogP contribution in [-0.2, 0) is 17.4 Å². The van der Waals surface area contributed by atoms with E-state index in [9.17, 15) is 23.2 Å². The highest BCUT2D eigenvalue weighted by atomic mass is 32.1. The first-order valence-electron chi connectivity index (χ1n) is 10.0. The number of rotatable bonds is 8. The van der Waals surface area contributed by atoms with Crippen molar-refractivity contribution in [2.75, 3.05) is 26.6 Å². The summed E-state index contributed by atoms with van der Waals surface area (Å²) >= 11 is 1.10. The summed E-state index contributed by atoms with van der Waals surface area (Å²) in [4.78, 5) is 17.4. The Hall–Kier alpha value is -4.04. The highest BCUT2D eigenvalue weighted by Gasteiger charge is 2.30. The minimum atomic E-state index is -4.43. The first kappa shape index (κ1) is 25.6. The van der Waals surface area contributed by atoms with Gasteiger partial charge in [-0.25, -0.2) is 4.98 Å². The number of halogens is 3. The number of benzene rings is 2. The number of carbonyl (C=O) groups excluding carboxylic acids is 1. The molecule has 35 heavy (non-hydrogen) atoms. The molecule has 0 aliphatic carbocycles. The van der Waals surface area contributed by atoms with E-state index in [4.69, 9.17) is 14.2 Å². The largest absolute Gasteiger partial charge is 0.493 e. The molecule has 3 rings (SSSR count). The molecule has 1 heterocycles. The Bertz CT molecular complexity index is 1270. The number of carbonyl (C=O) groups is 1. The molecular formula is C24H20F3N3O4S. The molecule has 0 aliphatic rings. The van der Waals surface area contributed by atoms with Gasteiger partial charge >= 0.3 is 6.18 Å². The lowest BCUT2D eigenvalue weighted by molar-refractivity contribution is -0.137. The van der Waals surface area contributed by atoms with Gasteiger partial charge in [-0.05, 0) is 35.4 Å². The van der Waals surface area contributed by atoms with Crippen molar-refractivity contribution in [2.45, 2.75) is 12.6 Å². The molecule has 0 fully saturated rings. The molecule has 3 aromatic rings. The van der Waals surface area contributed by atoms with Crippen LogP contribution in [0.5, 0.6) is 17.2 Å². The predicted octanol–water partition coefficient (Wildman–Crippen LogP) is 5.32. The lowest BCUT2D eigenvalue weighted by Crippen LogP contribution is -2.13. The van der Waals surface area contributed by atoms with Gasteiger partial charge in [0, 0.05) is 17.5 Å². The molecule has 2 aromatic carbocycles. The topological polar surface area (TPSA) is 93.5 Å². The molecule has 0 unspecified atom stereocenters. The van der Waals surface area contributed by atoms with Crippen LogP contribution in [0.3, 0.4) is 0 Å². The third-order valence-corrected chi connectivity index (χ3v) is 5.68. The average Bonchev–Trinajstić information content (AvgIpc) is 3.27. The lowest BCUT2D eigenvalue weighted by Gasteiger charge is -2.13. The van der Waals surface area contributed by atoms with Gasteiger partial charge in [0.05, 0.1) is 26.9 Å². The number of thiazole rings is 1. The second kappa shape index (κ2) is 10.9. The molecule has 0 saturated carbocycles. The summed E-state index contributed by atoms with van der Waals surface area (Å²) in [7, 11) is 4.35. The Labute approximate surface area is 203 Å². The Morgan fingerprint density at radius 1 is 1.14 bits per heavy atom. The third-order valence-electron chi connectivity index (χ3n) is 4.77. The maximum atomic E-state index is 12.9. The van der Waals surface area contributed by atoms with Gasteiger partial charge < -0.3 is 14.2 Å². The summed E-state index contributed by atoms with van der Waals surface area (Å²) in [5, 5.41) is 12.3. The van der Waals surface area contributed by atoms with Gasteiger partial charge in [0.25, 0.3) is 5.91 Å². The summed E-state index contributed by atoms with van der Waals surface area (Å²) in [6.45, 7) is 0. The van der Waals surface area contributed by atoms with Crippen LogP contribution in [0.15, 0.2) is 48.2 Å². The van der Waals surface area contributed by atoms with Crippen molar-refractivity contribution in [1.82, 2.24) is 4.98 Å². The van der Waals surface area contributed by atoms with E-state index in [1.54, 1.807) is 18.2 Å². The SMILES string of the molecule is COc1cc(/C=C(\C#N)C(=O)Nc2ncc(Cc3cccc(C(F)(F)F)c3)s2)cc(OC)c1OC. The van der Waals surface area contributed by atoms with Gasteiger partial charge in [0.15, 0.2) is 16.6 Å². The smallest absolute Gasteiger partial charge is 0.416 e. The van der Waals surface area contributed by atoms with E-state index in [1.807, 2.05) is 6.07 Å². The van der Waals surface area contributed by atoms with Gasteiger partial charge in [-0.3, -0.25) is 10.1 Å². The zero-order chi connectivity index (χ0) is 25.6. The number of nitrogens with zero attached hydrogens (tertiary/aromatic N) is 2. The fourth-order valence-corrected chi connectivity index (χ4v) is 4.01. The fourth-order valence-electron chi connectivity index (χ4n) is 3.17. The van der Waals surface area contributed by atoms with Crippen LogP contribution >= 0.6 is 11.3 Å². The highest BCUT2D eigenvalue weighted by Crippen LogP contribution is 2.38. The molecule has 11 heteroatoms. The van der Waals surface area contributed by atoms with Crippen LogP contribution in [0.25, 0.3) is 6.08 Å². The summed E-state index contributed by atoms with van der Waals surface area (Å²) < 4.78 is 54.6. The zero-order valence-corrected chi connectivity index (χ0v) is 19.7. The van der Waals surface area contributed by atoms with Crippen LogP contribution in [0.4, 0.5) is 18.3 Å². The van der Waals surface area contributed by atoms with Crippen molar-refractivity contribution in [2.24, 2.45) is 0 Å². The standard InChI is InChI=1S/C24H20F3N3O4S/c1-32-19-10-15(11-20(33-2)21(19)34-3)7-16(12-28)22(31)30-23-29-13-18(35-23)9-14-5-4-6-17(8-14)24(25,26)27/h4-8,10-11,13H,9H2,1-3H3,(H,29,30,31)/b16-7+. The maximum absolute atomic E-state index is 12.9. The Balaban J connectivity index is 1.77. The minimum Gasteiger partial charge on any atom is -0.493 e. The quantitative estimate of drug-likeness (QED) is 0.330. The van der Waals surface area contributed by atoms with Crippen molar-refractivity contribution in [3.63, 3.8) is 0 Å². The lowest BCUT2D eigenvalue weighted by atomic mass is 10.1. The molecule has 0 saturated heterocycles. The first-order valence-corrected chi connectivity index (χ1v) is 10.8. The van der Waals surface area contributed by atoms with E-state index in [2.05, 4.69) is 10.3 Å². The van der Waals surface area contributed by atoms with Crippen molar-refractivity contribution in [1.29, 1.82) is 5.26 Å². The van der Waals surface area contributed by atoms with E-state index in [0.29, 0.717) is 33.3 Å². The van der Waals surface area contributed by atoms with Crippen LogP contribution in [0, 0.1) is 11.3 Å². The molecule has 1 amide bonds. The summed E-state index contributed by atoms with van der Waals surface area (Å²) in [6, 6.07) is 10.0. The van der Waals surface area contributed by atoms with Gasteiger partial charge in [0.1, 0.15) is 11.6 Å². The number of nitriles is 1. The number of amides is 1. The maximum Gasteiger partial charge on any atom is 0.416 e. The number of hydrogen-bond acceptors (Lipinski definition) is 7. The van der Waals surface area contributed by atoms with Crippen molar-refractivity contribution < 1.29 is 32.2 Å². The number of anilines is 1. The average molecular weight is 504 g/mol. The second-order valence-corrected chi connectivity index (χ2v) is 8.20. The summed E-state index contributed by atoms with van der Waals surface area (Å²) in [6.07, 6.45) is -1.39. The van der Waals surface area contributed by atoms with Crippen molar-refractivity contribution in [3.8, 4) is 23.3 Å². The first-order chi connectivity index (χ1) is 16.7. The van der Waals surface area contributed by atoms with Crippen molar-refractivity contribution in [3.05, 3.63) is 69.7 Å². The number of hydrogen-bond donors (Lipinski definition) is 1. The molecule has 0 spiro atoms. The van der Waals surface area contributed by atoms with Gasteiger partial charge in [0.2, 0.25) is 5.75 Å². The van der Waals surface area contributed by atoms with E-state index >= 15 is 0 Å². The fraction of sp³-hybridized carbons (Fsp3) is 0.208. The normalized spacial score (nSPS) is 11.5. The van der Waals surface area contributed by atoms with Crippen LogP contribution in [0.1, 0.15) is 21.6 Å². The molecule has 182 valence electrons. The predicted molar refractivity (Wildman–Crippen MR) is 125 cm³/mol. The molecule has 0 radical (unpaired) electrons. The van der Waals surface area contributed by atoms with E-state index in [-0.39, 0.29) is 17.1 Å².